The second-order valence-electron chi connectivity index (χ2n) is 8.71. The van der Waals surface area contributed by atoms with E-state index >= 15 is 0 Å². The van der Waals surface area contributed by atoms with Crippen LogP contribution in [0.1, 0.15) is 32.3 Å². The Kier molecular flexibility index (Phi) is 5.00. The van der Waals surface area contributed by atoms with Crippen LogP contribution in [0, 0.1) is 5.92 Å². The monoisotopic (exact) mass is 377 g/mol. The van der Waals surface area contributed by atoms with Gasteiger partial charge in [-0.15, -0.1) is 0 Å². The van der Waals surface area contributed by atoms with Gasteiger partial charge in [0.2, 0.25) is 9.04 Å². The number of hydrogen-bond donors (Lipinski definition) is 0. The molecule has 4 rings (SSSR count). The van der Waals surface area contributed by atoms with Crippen molar-refractivity contribution in [3.05, 3.63) is 54.1 Å². The van der Waals surface area contributed by atoms with Crippen molar-refractivity contribution in [3.8, 4) is 5.75 Å². The molecule has 2 nitrogen and oxygen atoms in total. The topological polar surface area (TPSA) is 18.5 Å². The molecule has 0 heterocycles. The molecule has 0 aliphatic heterocycles. The van der Waals surface area contributed by atoms with Gasteiger partial charge in [-0.2, -0.15) is 0 Å². The van der Waals surface area contributed by atoms with Gasteiger partial charge in [0.15, 0.2) is 0 Å². The van der Waals surface area contributed by atoms with Gasteiger partial charge in [-0.1, -0.05) is 36.4 Å². The first-order chi connectivity index (χ1) is 12.9. The summed E-state index contributed by atoms with van der Waals surface area (Å²) < 4.78 is 12.2. The van der Waals surface area contributed by atoms with E-state index in [9.17, 15) is 0 Å². The van der Waals surface area contributed by atoms with E-state index in [1.807, 2.05) is 0 Å². The SMILES string of the molecule is C[Si](C)OC(C)(C)Cc1ccc2ccc3ccc(OCC4CC4)cc3c2c1. The Balaban J connectivity index is 1.68. The van der Waals surface area contributed by atoms with Gasteiger partial charge < -0.3 is 9.16 Å². The first-order valence-corrected chi connectivity index (χ1v) is 12.4. The molecular formula is C24H29O2Si. The summed E-state index contributed by atoms with van der Waals surface area (Å²) in [6, 6.07) is 17.7. The molecule has 0 N–H and O–H groups in total. The molecule has 3 aromatic rings. The molecule has 1 radical (unpaired) electrons. The van der Waals surface area contributed by atoms with Crippen LogP contribution >= 0.6 is 0 Å². The average Bonchev–Trinajstić information content (AvgIpc) is 3.42. The van der Waals surface area contributed by atoms with Crippen LogP contribution in [0.3, 0.4) is 0 Å². The Hall–Kier alpha value is -1.84. The molecule has 141 valence electrons. The van der Waals surface area contributed by atoms with Crippen molar-refractivity contribution in [3.63, 3.8) is 0 Å². The van der Waals surface area contributed by atoms with E-state index < -0.39 is 9.04 Å². The van der Waals surface area contributed by atoms with Crippen LogP contribution in [0.4, 0.5) is 0 Å². The summed E-state index contributed by atoms with van der Waals surface area (Å²) in [7, 11) is -0.717. The van der Waals surface area contributed by atoms with Gasteiger partial charge in [0.1, 0.15) is 5.75 Å². The third-order valence-corrected chi connectivity index (χ3v) is 6.13. The highest BCUT2D eigenvalue weighted by atomic mass is 28.3. The van der Waals surface area contributed by atoms with Crippen molar-refractivity contribution in [1.29, 1.82) is 0 Å². The third-order valence-electron chi connectivity index (χ3n) is 5.17. The van der Waals surface area contributed by atoms with Crippen molar-refractivity contribution in [2.45, 2.75) is 51.8 Å². The summed E-state index contributed by atoms with van der Waals surface area (Å²) in [6.45, 7) is 9.64. The second-order valence-corrected chi connectivity index (χ2v) is 10.7. The lowest BCUT2D eigenvalue weighted by atomic mass is 9.94. The molecule has 1 aliphatic carbocycles. The molecule has 27 heavy (non-hydrogen) atoms. The molecule has 1 saturated carbocycles. The van der Waals surface area contributed by atoms with Crippen LogP contribution < -0.4 is 4.74 Å². The maximum absolute atomic E-state index is 6.20. The van der Waals surface area contributed by atoms with Crippen LogP contribution in [0.2, 0.25) is 13.1 Å². The van der Waals surface area contributed by atoms with Gasteiger partial charge in [-0.05, 0) is 91.4 Å². The van der Waals surface area contributed by atoms with Crippen molar-refractivity contribution in [2.24, 2.45) is 5.92 Å². The zero-order valence-electron chi connectivity index (χ0n) is 16.8. The summed E-state index contributed by atoms with van der Waals surface area (Å²) in [5.74, 6) is 1.76. The Morgan fingerprint density at radius 1 is 0.926 bits per heavy atom. The highest BCUT2D eigenvalue weighted by molar-refractivity contribution is 6.48. The number of ether oxygens (including phenoxy) is 1. The standard InChI is InChI=1S/C24H29O2Si/c1-24(2,26-27(3)4)15-18-7-8-19-9-10-20-11-12-21(25-16-17-5-6-17)14-23(20)22(19)13-18/h7-14,17H,5-6,15-16H2,1-4H3. The summed E-state index contributed by atoms with van der Waals surface area (Å²) in [5, 5.41) is 5.12. The van der Waals surface area contributed by atoms with E-state index in [0.717, 1.165) is 24.7 Å². The minimum Gasteiger partial charge on any atom is -0.493 e. The summed E-state index contributed by atoms with van der Waals surface area (Å²) in [6.07, 6.45) is 3.56. The quantitative estimate of drug-likeness (QED) is 0.352. The van der Waals surface area contributed by atoms with E-state index in [1.165, 1.54) is 39.9 Å². The van der Waals surface area contributed by atoms with Crippen molar-refractivity contribution < 1.29 is 9.16 Å². The molecular weight excluding hydrogens is 348 g/mol. The Morgan fingerprint density at radius 2 is 1.56 bits per heavy atom. The minimum absolute atomic E-state index is 0.130. The highest BCUT2D eigenvalue weighted by Crippen LogP contribution is 2.33. The third kappa shape index (κ3) is 4.53. The van der Waals surface area contributed by atoms with Crippen LogP contribution in [0.25, 0.3) is 21.5 Å². The fourth-order valence-electron chi connectivity index (χ4n) is 3.85. The predicted molar refractivity (Wildman–Crippen MR) is 116 cm³/mol. The van der Waals surface area contributed by atoms with Crippen molar-refractivity contribution in [1.82, 2.24) is 0 Å². The number of fused-ring (bicyclic) bond motifs is 3. The Morgan fingerprint density at radius 3 is 2.22 bits per heavy atom. The van der Waals surface area contributed by atoms with E-state index in [1.54, 1.807) is 0 Å². The molecule has 0 bridgehead atoms. The van der Waals surface area contributed by atoms with Crippen molar-refractivity contribution >= 4 is 30.6 Å². The van der Waals surface area contributed by atoms with Gasteiger partial charge in [0.25, 0.3) is 0 Å². The van der Waals surface area contributed by atoms with Crippen LogP contribution in [0.5, 0.6) is 5.75 Å². The molecule has 3 heteroatoms. The average molecular weight is 378 g/mol. The fourth-order valence-corrected chi connectivity index (χ4v) is 5.03. The number of rotatable bonds is 7. The summed E-state index contributed by atoms with van der Waals surface area (Å²) in [4.78, 5) is 0. The van der Waals surface area contributed by atoms with Gasteiger partial charge >= 0.3 is 0 Å². The fraction of sp³-hybridized carbons (Fsp3) is 0.417. The van der Waals surface area contributed by atoms with Crippen LogP contribution in [-0.2, 0) is 10.8 Å². The summed E-state index contributed by atoms with van der Waals surface area (Å²) in [5.41, 5.74) is 1.20. The molecule has 0 atom stereocenters. The lowest BCUT2D eigenvalue weighted by molar-refractivity contribution is 0.110. The van der Waals surface area contributed by atoms with E-state index in [-0.39, 0.29) is 5.60 Å². The Labute approximate surface area is 164 Å². The summed E-state index contributed by atoms with van der Waals surface area (Å²) >= 11 is 0. The number of benzene rings is 3. The van der Waals surface area contributed by atoms with E-state index in [0.29, 0.717) is 0 Å². The Bertz CT molecular complexity index is 957. The first-order valence-electron chi connectivity index (χ1n) is 9.97. The normalized spacial score (nSPS) is 15.0. The largest absolute Gasteiger partial charge is 0.493 e. The first kappa shape index (κ1) is 18.5. The van der Waals surface area contributed by atoms with Gasteiger partial charge in [-0.25, -0.2) is 0 Å². The smallest absolute Gasteiger partial charge is 0.205 e. The zero-order chi connectivity index (χ0) is 19.0. The minimum atomic E-state index is -0.717. The predicted octanol–water partition coefficient (Wildman–Crippen LogP) is 6.37. The van der Waals surface area contributed by atoms with Crippen LogP contribution in [0.15, 0.2) is 48.5 Å². The molecule has 3 aromatic carbocycles. The molecule has 1 fully saturated rings. The van der Waals surface area contributed by atoms with Crippen molar-refractivity contribution in [2.75, 3.05) is 6.61 Å². The van der Waals surface area contributed by atoms with Gasteiger partial charge in [0, 0.05) is 0 Å². The van der Waals surface area contributed by atoms with Gasteiger partial charge in [0.05, 0.1) is 12.2 Å². The second kappa shape index (κ2) is 7.29. The maximum atomic E-state index is 6.20. The maximum Gasteiger partial charge on any atom is 0.205 e. The molecule has 0 saturated heterocycles. The molecule has 1 aliphatic rings. The molecule has 0 aromatic heterocycles. The lowest BCUT2D eigenvalue weighted by Gasteiger charge is -2.28. The molecule has 0 amide bonds. The van der Waals surface area contributed by atoms with Gasteiger partial charge in [-0.3, -0.25) is 0 Å². The molecule has 0 unspecified atom stereocenters. The highest BCUT2D eigenvalue weighted by Gasteiger charge is 2.22. The zero-order valence-corrected chi connectivity index (χ0v) is 17.8. The van der Waals surface area contributed by atoms with Crippen LogP contribution in [-0.4, -0.2) is 21.2 Å². The lowest BCUT2D eigenvalue weighted by Crippen LogP contribution is -2.32. The van der Waals surface area contributed by atoms with E-state index in [2.05, 4.69) is 75.5 Å². The number of hydrogen-bond acceptors (Lipinski definition) is 2. The molecule has 0 spiro atoms. The van der Waals surface area contributed by atoms with E-state index in [4.69, 9.17) is 9.16 Å².